The molecule has 0 spiro atoms. The number of carbonyl (C=O) groups excluding carboxylic acids is 2. The second-order valence-electron chi connectivity index (χ2n) is 5.53. The Kier molecular flexibility index (Phi) is 7.06. The molecule has 2 N–H and O–H groups in total. The zero-order valence-corrected chi connectivity index (χ0v) is 13.1. The first kappa shape index (κ1) is 19.0. The largest absolute Gasteiger partial charge is 0.412 e. The molecular weight excluding hydrogens is 309 g/mol. The molecule has 2 amide bonds. The number of amides is 2. The summed E-state index contributed by atoms with van der Waals surface area (Å²) in [7, 11) is 0. The summed E-state index contributed by atoms with van der Waals surface area (Å²) in [5, 5.41) is 4.65. The van der Waals surface area contributed by atoms with Crippen LogP contribution in [0.3, 0.4) is 0 Å². The molecule has 128 valence electrons. The van der Waals surface area contributed by atoms with E-state index in [-0.39, 0.29) is 36.8 Å². The van der Waals surface area contributed by atoms with Gasteiger partial charge < -0.3 is 10.6 Å². The van der Waals surface area contributed by atoms with Gasteiger partial charge in [0.05, 0.1) is 0 Å². The molecule has 23 heavy (non-hydrogen) atoms. The Morgan fingerprint density at radius 1 is 1.00 bits per heavy atom. The maximum absolute atomic E-state index is 13.1. The molecule has 7 heteroatoms. The van der Waals surface area contributed by atoms with Crippen molar-refractivity contribution in [1.82, 2.24) is 10.6 Å². The fourth-order valence-electron chi connectivity index (χ4n) is 2.04. The highest BCUT2D eigenvalue weighted by molar-refractivity contribution is 5.79. The smallest absolute Gasteiger partial charge is 0.354 e. The normalized spacial score (nSPS) is 12.8. The number of halogens is 3. The van der Waals surface area contributed by atoms with Gasteiger partial charge in [-0.1, -0.05) is 30.3 Å². The molecule has 0 aromatic heterocycles. The van der Waals surface area contributed by atoms with Crippen molar-refractivity contribution in [2.45, 2.75) is 51.4 Å². The molecule has 0 unspecified atom stereocenters. The fraction of sp³-hybridized carbons (Fsp3) is 0.500. The van der Waals surface area contributed by atoms with Crippen LogP contribution in [0.1, 0.15) is 44.7 Å². The minimum absolute atomic E-state index is 0.0102. The topological polar surface area (TPSA) is 58.2 Å². The van der Waals surface area contributed by atoms with Crippen molar-refractivity contribution >= 4 is 11.8 Å². The molecule has 4 nitrogen and oxygen atoms in total. The fourth-order valence-corrected chi connectivity index (χ4v) is 2.04. The van der Waals surface area contributed by atoms with Gasteiger partial charge in [-0.25, -0.2) is 0 Å². The van der Waals surface area contributed by atoms with Crippen LogP contribution in [0.4, 0.5) is 13.2 Å². The average molecular weight is 330 g/mol. The van der Waals surface area contributed by atoms with Gasteiger partial charge >= 0.3 is 6.18 Å². The van der Waals surface area contributed by atoms with E-state index in [4.69, 9.17) is 0 Å². The zero-order valence-electron chi connectivity index (χ0n) is 13.1. The molecule has 1 aromatic carbocycles. The maximum Gasteiger partial charge on any atom is 0.412 e. The van der Waals surface area contributed by atoms with E-state index in [2.05, 4.69) is 5.32 Å². The van der Waals surface area contributed by atoms with Crippen LogP contribution in [0.2, 0.25) is 0 Å². The van der Waals surface area contributed by atoms with Gasteiger partial charge in [-0.2, -0.15) is 13.2 Å². The number of rotatable bonds is 7. The van der Waals surface area contributed by atoms with Crippen molar-refractivity contribution in [2.75, 3.05) is 0 Å². The van der Waals surface area contributed by atoms with E-state index in [1.165, 1.54) is 24.3 Å². The monoisotopic (exact) mass is 330 g/mol. The van der Waals surface area contributed by atoms with Gasteiger partial charge in [-0.3, -0.25) is 9.59 Å². The van der Waals surface area contributed by atoms with Gasteiger partial charge in [0, 0.05) is 18.9 Å². The van der Waals surface area contributed by atoms with Crippen molar-refractivity contribution in [1.29, 1.82) is 0 Å². The first-order chi connectivity index (χ1) is 10.7. The average Bonchev–Trinajstić information content (AvgIpc) is 2.43. The minimum atomic E-state index is -4.58. The van der Waals surface area contributed by atoms with Gasteiger partial charge in [0.15, 0.2) is 6.04 Å². The molecule has 0 saturated heterocycles. The number of carbonyl (C=O) groups is 2. The third-order valence-corrected chi connectivity index (χ3v) is 3.02. The van der Waals surface area contributed by atoms with Crippen LogP contribution in [0, 0.1) is 0 Å². The van der Waals surface area contributed by atoms with Crippen LogP contribution in [0.15, 0.2) is 30.3 Å². The zero-order chi connectivity index (χ0) is 17.5. The Bertz CT molecular complexity index is 516. The molecular formula is C16H21F3N2O2. The van der Waals surface area contributed by atoms with Gasteiger partial charge in [-0.15, -0.1) is 0 Å². The van der Waals surface area contributed by atoms with Crippen molar-refractivity contribution in [3.63, 3.8) is 0 Å². The first-order valence-electron chi connectivity index (χ1n) is 7.40. The Balaban J connectivity index is 2.54. The van der Waals surface area contributed by atoms with E-state index in [0.717, 1.165) is 0 Å². The molecule has 0 aliphatic rings. The molecule has 1 aromatic rings. The lowest BCUT2D eigenvalue weighted by Crippen LogP contribution is -2.38. The summed E-state index contributed by atoms with van der Waals surface area (Å²) in [6, 6.07) is 5.15. The van der Waals surface area contributed by atoms with Crippen LogP contribution in [-0.4, -0.2) is 24.0 Å². The maximum atomic E-state index is 13.1. The summed E-state index contributed by atoms with van der Waals surface area (Å²) >= 11 is 0. The summed E-state index contributed by atoms with van der Waals surface area (Å²) in [6.07, 6.45) is -4.41. The highest BCUT2D eigenvalue weighted by atomic mass is 19.4. The number of benzene rings is 1. The van der Waals surface area contributed by atoms with Crippen LogP contribution < -0.4 is 10.6 Å². The van der Waals surface area contributed by atoms with E-state index in [9.17, 15) is 22.8 Å². The summed E-state index contributed by atoms with van der Waals surface area (Å²) in [6.45, 7) is 3.61. The third kappa shape index (κ3) is 7.17. The van der Waals surface area contributed by atoms with Crippen LogP contribution in [0.25, 0.3) is 0 Å². The Hall–Kier alpha value is -2.05. The van der Waals surface area contributed by atoms with Gasteiger partial charge in [0.1, 0.15) is 0 Å². The number of hydrogen-bond acceptors (Lipinski definition) is 2. The van der Waals surface area contributed by atoms with Gasteiger partial charge in [0.2, 0.25) is 11.8 Å². The predicted octanol–water partition coefficient (Wildman–Crippen LogP) is 3.10. The molecule has 0 aliphatic carbocycles. The predicted molar refractivity (Wildman–Crippen MR) is 80.5 cm³/mol. The van der Waals surface area contributed by atoms with Crippen molar-refractivity contribution in [2.24, 2.45) is 0 Å². The third-order valence-electron chi connectivity index (χ3n) is 3.02. The molecule has 0 aliphatic heterocycles. The van der Waals surface area contributed by atoms with Gasteiger partial charge in [0.25, 0.3) is 0 Å². The minimum Gasteiger partial charge on any atom is -0.354 e. The van der Waals surface area contributed by atoms with E-state index < -0.39 is 18.1 Å². The van der Waals surface area contributed by atoms with Crippen molar-refractivity contribution < 1.29 is 22.8 Å². The highest BCUT2D eigenvalue weighted by Gasteiger charge is 2.41. The van der Waals surface area contributed by atoms with Crippen molar-refractivity contribution in [3.8, 4) is 0 Å². The van der Waals surface area contributed by atoms with E-state index in [1.54, 1.807) is 19.9 Å². The summed E-state index contributed by atoms with van der Waals surface area (Å²) in [5.41, 5.74) is -0.0223. The quantitative estimate of drug-likeness (QED) is 0.807. The van der Waals surface area contributed by atoms with E-state index in [1.807, 2.05) is 5.32 Å². The van der Waals surface area contributed by atoms with E-state index in [0.29, 0.717) is 0 Å². The van der Waals surface area contributed by atoms with Gasteiger partial charge in [-0.05, 0) is 25.8 Å². The second kappa shape index (κ2) is 8.55. The molecule has 1 atom stereocenters. The lowest BCUT2D eigenvalue weighted by molar-refractivity contribution is -0.163. The SMILES string of the molecule is CC(C)NC(=O)CCCC(=O)N[C@H](c1ccccc1)C(F)(F)F. The Labute approximate surface area is 133 Å². The molecule has 0 radical (unpaired) electrons. The number of nitrogens with one attached hydrogen (secondary N) is 2. The first-order valence-corrected chi connectivity index (χ1v) is 7.40. The Morgan fingerprint density at radius 2 is 1.52 bits per heavy atom. The number of alkyl halides is 3. The Morgan fingerprint density at radius 3 is 2.00 bits per heavy atom. The highest BCUT2D eigenvalue weighted by Crippen LogP contribution is 2.32. The van der Waals surface area contributed by atoms with E-state index >= 15 is 0 Å². The molecule has 1 rings (SSSR count). The molecule has 0 bridgehead atoms. The van der Waals surface area contributed by atoms with Crippen LogP contribution in [0.5, 0.6) is 0 Å². The lowest BCUT2D eigenvalue weighted by atomic mass is 10.1. The molecule has 0 fully saturated rings. The second-order valence-corrected chi connectivity index (χ2v) is 5.53. The lowest BCUT2D eigenvalue weighted by Gasteiger charge is -2.22. The summed E-state index contributed by atoms with van der Waals surface area (Å²) in [4.78, 5) is 23.1. The summed E-state index contributed by atoms with van der Waals surface area (Å²) in [5.74, 6) is -0.947. The standard InChI is InChI=1S/C16H21F3N2O2/c1-11(2)20-13(22)9-6-10-14(23)21-15(16(17,18)19)12-7-4-3-5-8-12/h3-5,7-8,11,15H,6,9-10H2,1-2H3,(H,20,22)(H,21,23)/t15-/m1/s1. The van der Waals surface area contributed by atoms with Crippen molar-refractivity contribution in [3.05, 3.63) is 35.9 Å². The summed E-state index contributed by atoms with van der Waals surface area (Å²) < 4.78 is 39.2. The molecule has 0 heterocycles. The number of hydrogen-bond donors (Lipinski definition) is 2. The molecule has 0 saturated carbocycles. The van der Waals surface area contributed by atoms with Crippen LogP contribution in [-0.2, 0) is 9.59 Å². The van der Waals surface area contributed by atoms with Crippen LogP contribution >= 0.6 is 0 Å².